The minimum Gasteiger partial charge on any atom is -0.319 e. The molecule has 1 aliphatic rings. The molecule has 1 amide bonds. The van der Waals surface area contributed by atoms with Gasteiger partial charge >= 0.3 is 10.2 Å². The summed E-state index contributed by atoms with van der Waals surface area (Å²) in [6.07, 6.45) is 0. The van der Waals surface area contributed by atoms with E-state index in [0.29, 0.717) is 5.56 Å². The van der Waals surface area contributed by atoms with Crippen molar-refractivity contribution in [1.82, 2.24) is 0 Å². The van der Waals surface area contributed by atoms with E-state index >= 15 is 0 Å². The molecule has 0 atom stereocenters. The average Bonchev–Trinajstić information content (AvgIpc) is 2.76. The Morgan fingerprint density at radius 2 is 1.80 bits per heavy atom. The molecule has 9 heteroatoms. The molecule has 0 bridgehead atoms. The Bertz CT molecular complexity index is 1030. The Balaban J connectivity index is 1.96. The molecule has 3 rings (SSSR count). The zero-order chi connectivity index (χ0) is 18.4. The Hall–Kier alpha value is -3.12. The van der Waals surface area contributed by atoms with E-state index in [1.165, 1.54) is 32.3 Å². The molecule has 7 nitrogen and oxygen atoms in total. The van der Waals surface area contributed by atoms with E-state index < -0.39 is 21.9 Å². The van der Waals surface area contributed by atoms with Gasteiger partial charge < -0.3 is 5.32 Å². The lowest BCUT2D eigenvalue weighted by Crippen LogP contribution is -2.32. The summed E-state index contributed by atoms with van der Waals surface area (Å²) < 4.78 is 40.5. The van der Waals surface area contributed by atoms with Gasteiger partial charge in [0.1, 0.15) is 5.82 Å². The molecule has 2 aromatic carbocycles. The van der Waals surface area contributed by atoms with Crippen LogP contribution in [0, 0.1) is 17.1 Å². The van der Waals surface area contributed by atoms with Crippen molar-refractivity contribution < 1.29 is 17.6 Å². The molecule has 0 unspecified atom stereocenters. The van der Waals surface area contributed by atoms with Crippen molar-refractivity contribution >= 4 is 33.2 Å². The lowest BCUT2D eigenvalue weighted by atomic mass is 10.1. The van der Waals surface area contributed by atoms with Gasteiger partial charge in [-0.05, 0) is 24.3 Å². The number of hydrogen-bond acceptors (Lipinski definition) is 4. The van der Waals surface area contributed by atoms with E-state index in [9.17, 15) is 17.6 Å². The summed E-state index contributed by atoms with van der Waals surface area (Å²) >= 11 is 0. The second kappa shape index (κ2) is 5.75. The molecule has 1 aliphatic heterocycles. The number of hydrogen-bond donors (Lipinski definition) is 1. The Labute approximate surface area is 144 Å². The molecule has 0 radical (unpaired) electrons. The Kier molecular flexibility index (Phi) is 3.85. The summed E-state index contributed by atoms with van der Waals surface area (Å²) in [6.45, 7) is 0. The SMILES string of the molecule is CN1c2cc(F)c(NC(=O)c3cccc(C#N)c3)cc2N(C)S1(=O)=O. The van der Waals surface area contributed by atoms with Gasteiger partial charge in [0.15, 0.2) is 0 Å². The number of amides is 1. The van der Waals surface area contributed by atoms with Gasteiger partial charge in [0, 0.05) is 25.7 Å². The van der Waals surface area contributed by atoms with Gasteiger partial charge in [0.2, 0.25) is 0 Å². The lowest BCUT2D eigenvalue weighted by molar-refractivity contribution is 0.102. The van der Waals surface area contributed by atoms with Crippen molar-refractivity contribution in [1.29, 1.82) is 5.26 Å². The van der Waals surface area contributed by atoms with Crippen LogP contribution in [0.15, 0.2) is 36.4 Å². The van der Waals surface area contributed by atoms with Crippen molar-refractivity contribution in [3.63, 3.8) is 0 Å². The summed E-state index contributed by atoms with van der Waals surface area (Å²) in [5, 5.41) is 11.3. The van der Waals surface area contributed by atoms with E-state index in [-0.39, 0.29) is 22.6 Å². The quantitative estimate of drug-likeness (QED) is 0.887. The third-order valence-corrected chi connectivity index (χ3v) is 5.71. The molecule has 0 saturated heterocycles. The van der Waals surface area contributed by atoms with Crippen LogP contribution >= 0.6 is 0 Å². The minimum atomic E-state index is -3.73. The highest BCUT2D eigenvalue weighted by atomic mass is 32.2. The number of carbonyl (C=O) groups excluding carboxylic acids is 1. The Morgan fingerprint density at radius 1 is 1.16 bits per heavy atom. The van der Waals surface area contributed by atoms with E-state index in [1.807, 2.05) is 6.07 Å². The predicted octanol–water partition coefficient (Wildman–Crippen LogP) is 2.08. The topological polar surface area (TPSA) is 93.5 Å². The van der Waals surface area contributed by atoms with Crippen LogP contribution in [-0.2, 0) is 10.2 Å². The molecule has 1 heterocycles. The maximum atomic E-state index is 14.3. The second-order valence-corrected chi connectivity index (χ2v) is 7.40. The largest absolute Gasteiger partial charge is 0.326 e. The van der Waals surface area contributed by atoms with Crippen LogP contribution in [0.5, 0.6) is 0 Å². The van der Waals surface area contributed by atoms with E-state index in [4.69, 9.17) is 5.26 Å². The van der Waals surface area contributed by atoms with Gasteiger partial charge in [0.25, 0.3) is 5.91 Å². The molecule has 0 spiro atoms. The van der Waals surface area contributed by atoms with Crippen molar-refractivity contribution in [3.05, 3.63) is 53.3 Å². The highest BCUT2D eigenvalue weighted by molar-refractivity contribution is 7.94. The molecule has 128 valence electrons. The normalized spacial score (nSPS) is 14.8. The zero-order valence-electron chi connectivity index (χ0n) is 13.3. The standard InChI is InChI=1S/C16H13FN4O3S/c1-20-14-7-12(17)13(8-15(14)21(2)25(20,23)24)19-16(22)11-5-3-4-10(6-11)9-18/h3-8H,1-2H3,(H,19,22). The van der Waals surface area contributed by atoms with Gasteiger partial charge in [-0.15, -0.1) is 0 Å². The van der Waals surface area contributed by atoms with Gasteiger partial charge in [-0.25, -0.2) is 4.39 Å². The molecule has 0 aliphatic carbocycles. The van der Waals surface area contributed by atoms with Crippen LogP contribution in [-0.4, -0.2) is 28.4 Å². The number of benzene rings is 2. The fraction of sp³-hybridized carbons (Fsp3) is 0.125. The van der Waals surface area contributed by atoms with Crippen LogP contribution in [0.1, 0.15) is 15.9 Å². The molecule has 0 fully saturated rings. The van der Waals surface area contributed by atoms with Crippen molar-refractivity contribution in [2.45, 2.75) is 0 Å². The molecule has 1 N–H and O–H groups in total. The molecule has 2 aromatic rings. The molecule has 0 aromatic heterocycles. The van der Waals surface area contributed by atoms with Crippen molar-refractivity contribution in [2.24, 2.45) is 0 Å². The number of nitriles is 1. The highest BCUT2D eigenvalue weighted by Crippen LogP contribution is 2.41. The number of fused-ring (bicyclic) bond motifs is 1. The third-order valence-electron chi connectivity index (χ3n) is 3.94. The maximum Gasteiger partial charge on any atom is 0.326 e. The van der Waals surface area contributed by atoms with Crippen LogP contribution < -0.4 is 13.9 Å². The van der Waals surface area contributed by atoms with E-state index in [2.05, 4.69) is 5.32 Å². The van der Waals surface area contributed by atoms with Crippen molar-refractivity contribution in [2.75, 3.05) is 28.0 Å². The number of carbonyl (C=O) groups is 1. The lowest BCUT2D eigenvalue weighted by Gasteiger charge is -2.13. The summed E-state index contributed by atoms with van der Waals surface area (Å²) in [5.41, 5.74) is 0.782. The van der Waals surface area contributed by atoms with Gasteiger partial charge in [-0.3, -0.25) is 13.4 Å². The van der Waals surface area contributed by atoms with Crippen molar-refractivity contribution in [3.8, 4) is 6.07 Å². The number of halogens is 1. The van der Waals surface area contributed by atoms with E-state index in [1.54, 1.807) is 12.1 Å². The summed E-state index contributed by atoms with van der Waals surface area (Å²) in [6, 6.07) is 10.2. The predicted molar refractivity (Wildman–Crippen MR) is 91.2 cm³/mol. The smallest absolute Gasteiger partial charge is 0.319 e. The molecular weight excluding hydrogens is 347 g/mol. The first-order valence-electron chi connectivity index (χ1n) is 7.13. The van der Waals surface area contributed by atoms with Crippen LogP contribution in [0.3, 0.4) is 0 Å². The number of anilines is 3. The van der Waals surface area contributed by atoms with Gasteiger partial charge in [-0.2, -0.15) is 13.7 Å². The first-order valence-corrected chi connectivity index (χ1v) is 8.53. The number of nitrogens with one attached hydrogen (secondary N) is 1. The van der Waals surface area contributed by atoms with Crippen LogP contribution in [0.4, 0.5) is 21.5 Å². The van der Waals surface area contributed by atoms with Crippen LogP contribution in [0.25, 0.3) is 0 Å². The van der Waals surface area contributed by atoms with E-state index in [0.717, 1.165) is 14.7 Å². The summed E-state index contributed by atoms with van der Waals surface area (Å²) in [7, 11) is -1.07. The third kappa shape index (κ3) is 2.66. The number of nitrogens with zero attached hydrogens (tertiary/aromatic N) is 3. The monoisotopic (exact) mass is 360 g/mol. The molecule has 25 heavy (non-hydrogen) atoms. The molecule has 0 saturated carbocycles. The fourth-order valence-electron chi connectivity index (χ4n) is 2.51. The Morgan fingerprint density at radius 3 is 2.44 bits per heavy atom. The highest BCUT2D eigenvalue weighted by Gasteiger charge is 2.36. The first kappa shape index (κ1) is 16.7. The second-order valence-electron chi connectivity index (χ2n) is 5.41. The average molecular weight is 360 g/mol. The summed E-state index contributed by atoms with van der Waals surface area (Å²) in [4.78, 5) is 12.3. The molecular formula is C16H13FN4O3S. The van der Waals surface area contributed by atoms with Gasteiger partial charge in [0.05, 0.1) is 28.7 Å². The van der Waals surface area contributed by atoms with Crippen LogP contribution in [0.2, 0.25) is 0 Å². The number of rotatable bonds is 2. The fourth-order valence-corrected chi connectivity index (χ4v) is 3.67. The minimum absolute atomic E-state index is 0.150. The summed E-state index contributed by atoms with van der Waals surface area (Å²) in [5.74, 6) is -1.37. The zero-order valence-corrected chi connectivity index (χ0v) is 14.1. The first-order chi connectivity index (χ1) is 11.8. The van der Waals surface area contributed by atoms with Gasteiger partial charge in [-0.1, -0.05) is 6.07 Å². The maximum absolute atomic E-state index is 14.3.